The van der Waals surface area contributed by atoms with Crippen molar-refractivity contribution in [3.8, 4) is 5.75 Å². The first-order valence-electron chi connectivity index (χ1n) is 6.12. The summed E-state index contributed by atoms with van der Waals surface area (Å²) in [5, 5.41) is 5.37. The van der Waals surface area contributed by atoms with Gasteiger partial charge in [-0.25, -0.2) is 0 Å². The first-order valence-corrected chi connectivity index (χ1v) is 6.12. The van der Waals surface area contributed by atoms with Gasteiger partial charge in [0.15, 0.2) is 0 Å². The smallest absolute Gasteiger partial charge is 0.119 e. The Labute approximate surface area is 111 Å². The van der Waals surface area contributed by atoms with E-state index in [0.29, 0.717) is 32.1 Å². The summed E-state index contributed by atoms with van der Waals surface area (Å²) in [5.41, 5.74) is 8.85. The standard InChI is InChI=1S/C12H16N4O3/c13-15-14-11-1-3-12(4-2-11)18-9-10-19-16-5-7-17-8-6-16/h1-4H,5-10H2. The molecule has 1 fully saturated rings. The summed E-state index contributed by atoms with van der Waals surface area (Å²) < 4.78 is 10.7. The summed E-state index contributed by atoms with van der Waals surface area (Å²) in [6.45, 7) is 3.97. The molecule has 0 radical (unpaired) electrons. The fourth-order valence-electron chi connectivity index (χ4n) is 1.66. The largest absolute Gasteiger partial charge is 0.491 e. The molecule has 1 aliphatic heterocycles. The molecule has 0 aromatic heterocycles. The third kappa shape index (κ3) is 4.76. The van der Waals surface area contributed by atoms with E-state index in [0.717, 1.165) is 18.8 Å². The van der Waals surface area contributed by atoms with Crippen molar-refractivity contribution in [1.29, 1.82) is 0 Å². The molecule has 1 aromatic rings. The van der Waals surface area contributed by atoms with Gasteiger partial charge in [-0.1, -0.05) is 5.11 Å². The number of benzene rings is 1. The Morgan fingerprint density at radius 3 is 2.63 bits per heavy atom. The Balaban J connectivity index is 1.66. The van der Waals surface area contributed by atoms with Crippen LogP contribution in [0.2, 0.25) is 0 Å². The molecule has 0 N–H and O–H groups in total. The molecule has 0 atom stereocenters. The zero-order chi connectivity index (χ0) is 13.3. The maximum absolute atomic E-state index is 8.28. The average Bonchev–Trinajstić information content (AvgIpc) is 2.47. The number of hydroxylamine groups is 2. The van der Waals surface area contributed by atoms with Gasteiger partial charge >= 0.3 is 0 Å². The van der Waals surface area contributed by atoms with Gasteiger partial charge in [0.1, 0.15) is 19.0 Å². The summed E-state index contributed by atoms with van der Waals surface area (Å²) in [7, 11) is 0. The molecule has 0 aliphatic carbocycles. The van der Waals surface area contributed by atoms with Crippen molar-refractivity contribution in [3.05, 3.63) is 34.7 Å². The molecule has 0 bridgehead atoms. The number of morpholine rings is 1. The van der Waals surface area contributed by atoms with Crippen LogP contribution in [0, 0.1) is 0 Å². The number of azide groups is 1. The van der Waals surface area contributed by atoms with Crippen molar-refractivity contribution >= 4 is 5.69 Å². The van der Waals surface area contributed by atoms with Gasteiger partial charge in [-0.2, -0.15) is 5.06 Å². The fraction of sp³-hybridized carbons (Fsp3) is 0.500. The molecule has 0 spiro atoms. The zero-order valence-corrected chi connectivity index (χ0v) is 10.6. The van der Waals surface area contributed by atoms with Gasteiger partial charge in [0.25, 0.3) is 0 Å². The third-order valence-corrected chi connectivity index (χ3v) is 2.59. The molecular weight excluding hydrogens is 248 g/mol. The lowest BCUT2D eigenvalue weighted by atomic mass is 10.3. The van der Waals surface area contributed by atoms with E-state index in [1.165, 1.54) is 0 Å². The van der Waals surface area contributed by atoms with Crippen LogP contribution in [0.4, 0.5) is 5.69 Å². The van der Waals surface area contributed by atoms with Gasteiger partial charge < -0.3 is 9.47 Å². The molecule has 7 heteroatoms. The van der Waals surface area contributed by atoms with Crippen molar-refractivity contribution in [2.75, 3.05) is 39.5 Å². The second-order valence-corrected chi connectivity index (χ2v) is 3.91. The Morgan fingerprint density at radius 1 is 1.21 bits per heavy atom. The molecule has 0 unspecified atom stereocenters. The van der Waals surface area contributed by atoms with Crippen LogP contribution in [0.15, 0.2) is 29.4 Å². The lowest BCUT2D eigenvalue weighted by molar-refractivity contribution is -0.197. The topological polar surface area (TPSA) is 79.7 Å². The predicted octanol–water partition coefficient (Wildman–Crippen LogP) is 2.27. The summed E-state index contributed by atoms with van der Waals surface area (Å²) in [5.74, 6) is 0.725. The minimum atomic E-state index is 0.470. The van der Waals surface area contributed by atoms with Crippen molar-refractivity contribution in [2.45, 2.75) is 0 Å². The maximum Gasteiger partial charge on any atom is 0.119 e. The molecule has 1 saturated heterocycles. The molecule has 1 aliphatic rings. The lowest BCUT2D eigenvalue weighted by Crippen LogP contribution is -2.37. The van der Waals surface area contributed by atoms with E-state index in [2.05, 4.69) is 10.0 Å². The Kier molecular flexibility index (Phi) is 5.46. The highest BCUT2D eigenvalue weighted by molar-refractivity contribution is 5.40. The zero-order valence-electron chi connectivity index (χ0n) is 10.6. The summed E-state index contributed by atoms with van der Waals surface area (Å²) in [6, 6.07) is 6.94. The van der Waals surface area contributed by atoms with Crippen LogP contribution < -0.4 is 4.74 Å². The monoisotopic (exact) mass is 264 g/mol. The lowest BCUT2D eigenvalue weighted by Gasteiger charge is -2.25. The van der Waals surface area contributed by atoms with Gasteiger partial charge in [-0.05, 0) is 29.8 Å². The van der Waals surface area contributed by atoms with Crippen molar-refractivity contribution in [1.82, 2.24) is 5.06 Å². The number of hydrogen-bond donors (Lipinski definition) is 0. The number of rotatable bonds is 6. The highest BCUT2D eigenvalue weighted by atomic mass is 16.7. The van der Waals surface area contributed by atoms with Crippen molar-refractivity contribution in [2.24, 2.45) is 5.11 Å². The van der Waals surface area contributed by atoms with Crippen LogP contribution in [0.25, 0.3) is 10.4 Å². The van der Waals surface area contributed by atoms with E-state index in [1.54, 1.807) is 24.3 Å². The third-order valence-electron chi connectivity index (χ3n) is 2.59. The van der Waals surface area contributed by atoms with E-state index in [9.17, 15) is 0 Å². The maximum atomic E-state index is 8.28. The summed E-state index contributed by atoms with van der Waals surface area (Å²) in [6.07, 6.45) is 0. The first kappa shape index (κ1) is 13.6. The normalized spacial score (nSPS) is 15.8. The molecule has 7 nitrogen and oxygen atoms in total. The van der Waals surface area contributed by atoms with Crippen molar-refractivity contribution < 1.29 is 14.3 Å². The van der Waals surface area contributed by atoms with E-state index in [4.69, 9.17) is 19.8 Å². The Hall–Kier alpha value is -1.79. The van der Waals surface area contributed by atoms with Crippen LogP contribution in [0.1, 0.15) is 0 Å². The first-order chi connectivity index (χ1) is 9.38. The van der Waals surface area contributed by atoms with Gasteiger partial charge in [0.2, 0.25) is 0 Å². The molecule has 2 rings (SSSR count). The predicted molar refractivity (Wildman–Crippen MR) is 69.1 cm³/mol. The second-order valence-electron chi connectivity index (χ2n) is 3.91. The number of hydrogen-bond acceptors (Lipinski definition) is 5. The highest BCUT2D eigenvalue weighted by Gasteiger charge is 2.10. The molecule has 0 saturated carbocycles. The van der Waals surface area contributed by atoms with Gasteiger partial charge in [0.05, 0.1) is 13.2 Å². The quantitative estimate of drug-likeness (QED) is 0.341. The molecule has 1 heterocycles. The molecule has 0 amide bonds. The fourth-order valence-corrected chi connectivity index (χ4v) is 1.66. The van der Waals surface area contributed by atoms with Crippen molar-refractivity contribution in [3.63, 3.8) is 0 Å². The van der Waals surface area contributed by atoms with Crippen LogP contribution in [-0.2, 0) is 9.57 Å². The minimum Gasteiger partial charge on any atom is -0.491 e. The summed E-state index contributed by atoms with van der Waals surface area (Å²) in [4.78, 5) is 8.24. The van der Waals surface area contributed by atoms with Crippen LogP contribution >= 0.6 is 0 Å². The van der Waals surface area contributed by atoms with Gasteiger partial charge in [-0.3, -0.25) is 4.84 Å². The Bertz CT molecular complexity index is 425. The SMILES string of the molecule is [N-]=[N+]=Nc1ccc(OCCON2CCOCC2)cc1. The number of ether oxygens (including phenoxy) is 2. The van der Waals surface area contributed by atoms with E-state index >= 15 is 0 Å². The van der Waals surface area contributed by atoms with E-state index in [1.807, 2.05) is 5.06 Å². The molecule has 102 valence electrons. The van der Waals surface area contributed by atoms with Gasteiger partial charge in [0, 0.05) is 23.7 Å². The molecule has 19 heavy (non-hydrogen) atoms. The molecule has 1 aromatic carbocycles. The van der Waals surface area contributed by atoms with E-state index < -0.39 is 0 Å². The minimum absolute atomic E-state index is 0.470. The highest BCUT2D eigenvalue weighted by Crippen LogP contribution is 2.17. The van der Waals surface area contributed by atoms with Crippen LogP contribution in [0.5, 0.6) is 5.75 Å². The number of nitrogens with zero attached hydrogens (tertiary/aromatic N) is 4. The second kappa shape index (κ2) is 7.60. The van der Waals surface area contributed by atoms with Crippen LogP contribution in [0.3, 0.4) is 0 Å². The molecular formula is C12H16N4O3. The van der Waals surface area contributed by atoms with E-state index in [-0.39, 0.29) is 0 Å². The van der Waals surface area contributed by atoms with Gasteiger partial charge in [-0.15, -0.1) is 0 Å². The average molecular weight is 264 g/mol. The van der Waals surface area contributed by atoms with Crippen LogP contribution in [-0.4, -0.2) is 44.6 Å². The summed E-state index contributed by atoms with van der Waals surface area (Å²) >= 11 is 0. The Morgan fingerprint density at radius 2 is 1.95 bits per heavy atom.